The van der Waals surface area contributed by atoms with Gasteiger partial charge in [0.05, 0.1) is 18.8 Å². The van der Waals surface area contributed by atoms with Gasteiger partial charge in [-0.2, -0.15) is 0 Å². The van der Waals surface area contributed by atoms with Gasteiger partial charge in [-0.3, -0.25) is 0 Å². The first-order chi connectivity index (χ1) is 8.11. The number of aromatic nitrogens is 1. The maximum Gasteiger partial charge on any atom is 0.407 e. The summed E-state index contributed by atoms with van der Waals surface area (Å²) in [5.74, 6) is -0.436. The van der Waals surface area contributed by atoms with Gasteiger partial charge in [-0.15, -0.1) is 11.3 Å². The third-order valence-corrected chi connectivity index (χ3v) is 3.51. The summed E-state index contributed by atoms with van der Waals surface area (Å²) in [7, 11) is 0. The van der Waals surface area contributed by atoms with Crippen LogP contribution in [-0.4, -0.2) is 40.2 Å². The van der Waals surface area contributed by atoms with Crippen LogP contribution in [0.15, 0.2) is 0 Å². The van der Waals surface area contributed by atoms with Crippen molar-refractivity contribution in [2.45, 2.75) is 19.9 Å². The number of nitrogens with zero attached hydrogens (tertiary/aromatic N) is 2. The molecule has 1 aliphatic rings. The molecule has 0 atom stereocenters. The zero-order chi connectivity index (χ0) is 12.4. The van der Waals surface area contributed by atoms with Crippen molar-refractivity contribution >= 4 is 23.4 Å². The summed E-state index contributed by atoms with van der Waals surface area (Å²) in [5.41, 5.74) is 0.815. The number of carboxylic acid groups (broad SMARTS) is 1. The predicted octanol–water partition coefficient (Wildman–Crippen LogP) is 1.36. The Morgan fingerprint density at radius 1 is 1.59 bits per heavy atom. The van der Waals surface area contributed by atoms with E-state index in [1.165, 1.54) is 16.2 Å². The molecule has 0 saturated carbocycles. The van der Waals surface area contributed by atoms with Crippen LogP contribution in [0.5, 0.6) is 0 Å². The fourth-order valence-electron chi connectivity index (χ4n) is 1.64. The molecule has 0 bridgehead atoms. The molecule has 1 aromatic heterocycles. The lowest BCUT2D eigenvalue weighted by molar-refractivity contribution is 0.0525. The smallest absolute Gasteiger partial charge is 0.407 e. The van der Waals surface area contributed by atoms with Gasteiger partial charge in [-0.05, 0) is 6.92 Å². The number of esters is 1. The van der Waals surface area contributed by atoms with Crippen molar-refractivity contribution < 1.29 is 19.4 Å². The van der Waals surface area contributed by atoms with Gasteiger partial charge in [-0.25, -0.2) is 14.6 Å². The van der Waals surface area contributed by atoms with E-state index < -0.39 is 12.1 Å². The second kappa shape index (κ2) is 4.70. The van der Waals surface area contributed by atoms with Crippen LogP contribution in [0.4, 0.5) is 4.79 Å². The van der Waals surface area contributed by atoms with Gasteiger partial charge in [0.15, 0.2) is 0 Å². The van der Waals surface area contributed by atoms with Gasteiger partial charge >= 0.3 is 12.1 Å². The molecule has 0 unspecified atom stereocenters. The zero-order valence-corrected chi connectivity index (χ0v) is 10.1. The van der Waals surface area contributed by atoms with Crippen molar-refractivity contribution in [2.75, 3.05) is 13.2 Å². The number of hydrogen-bond donors (Lipinski definition) is 1. The molecule has 6 nitrogen and oxygen atoms in total. The van der Waals surface area contributed by atoms with Gasteiger partial charge in [0.2, 0.25) is 5.01 Å². The first-order valence-corrected chi connectivity index (χ1v) is 6.07. The Morgan fingerprint density at radius 3 is 3.00 bits per heavy atom. The Hall–Kier alpha value is -1.63. The van der Waals surface area contributed by atoms with Crippen LogP contribution in [-0.2, 0) is 17.7 Å². The maximum absolute atomic E-state index is 11.5. The van der Waals surface area contributed by atoms with E-state index in [9.17, 15) is 9.59 Å². The number of amides is 1. The Kier molecular flexibility index (Phi) is 3.28. The molecule has 0 aliphatic carbocycles. The van der Waals surface area contributed by atoms with Gasteiger partial charge in [0, 0.05) is 17.8 Å². The SMILES string of the molecule is CCOC(=O)c1nc2c(s1)CN(C(=O)O)CC2. The number of ether oxygens (including phenoxy) is 1. The topological polar surface area (TPSA) is 79.7 Å². The number of carbonyl (C=O) groups is 2. The predicted molar refractivity (Wildman–Crippen MR) is 60.2 cm³/mol. The second-order valence-electron chi connectivity index (χ2n) is 3.56. The van der Waals surface area contributed by atoms with E-state index in [0.29, 0.717) is 31.1 Å². The first-order valence-electron chi connectivity index (χ1n) is 5.25. The quantitative estimate of drug-likeness (QED) is 0.808. The number of thiazole rings is 1. The molecule has 17 heavy (non-hydrogen) atoms. The fraction of sp³-hybridized carbons (Fsp3) is 0.500. The number of carbonyl (C=O) groups excluding carboxylic acids is 1. The first kappa shape index (κ1) is 11.8. The van der Waals surface area contributed by atoms with Crippen molar-refractivity contribution in [2.24, 2.45) is 0 Å². The van der Waals surface area contributed by atoms with Crippen molar-refractivity contribution in [3.63, 3.8) is 0 Å². The Balaban J connectivity index is 2.17. The largest absolute Gasteiger partial charge is 0.465 e. The molecule has 0 saturated heterocycles. The molecule has 0 spiro atoms. The normalized spacial score (nSPS) is 14.3. The minimum atomic E-state index is -0.943. The van der Waals surface area contributed by atoms with Crippen molar-refractivity contribution in [1.82, 2.24) is 9.88 Å². The van der Waals surface area contributed by atoms with Crippen LogP contribution in [0.25, 0.3) is 0 Å². The summed E-state index contributed by atoms with van der Waals surface area (Å²) >= 11 is 1.21. The van der Waals surface area contributed by atoms with E-state index in [0.717, 1.165) is 10.6 Å². The molecule has 0 aromatic carbocycles. The third-order valence-electron chi connectivity index (χ3n) is 2.45. The summed E-state index contributed by atoms with van der Waals surface area (Å²) in [6.07, 6.45) is -0.390. The fourth-order valence-corrected chi connectivity index (χ4v) is 2.66. The standard InChI is InChI=1S/C10H12N2O4S/c1-2-16-9(13)8-11-6-3-4-12(10(14)15)5-7(6)17-8/h2-5H2,1H3,(H,14,15). The van der Waals surface area contributed by atoms with E-state index in [2.05, 4.69) is 4.98 Å². The van der Waals surface area contributed by atoms with Crippen LogP contribution in [0.3, 0.4) is 0 Å². The van der Waals surface area contributed by atoms with Crippen LogP contribution >= 0.6 is 11.3 Å². The molecule has 2 rings (SSSR count). The van der Waals surface area contributed by atoms with Crippen molar-refractivity contribution in [3.8, 4) is 0 Å². The minimum Gasteiger partial charge on any atom is -0.465 e. The van der Waals surface area contributed by atoms with Crippen molar-refractivity contribution in [3.05, 3.63) is 15.6 Å². The lowest BCUT2D eigenvalue weighted by Gasteiger charge is -2.22. The summed E-state index contributed by atoms with van der Waals surface area (Å²) in [5, 5.41) is 9.19. The summed E-state index contributed by atoms with van der Waals surface area (Å²) in [6, 6.07) is 0. The van der Waals surface area contributed by atoms with Gasteiger partial charge < -0.3 is 14.7 Å². The Bertz CT molecular complexity index is 457. The van der Waals surface area contributed by atoms with E-state index in [-0.39, 0.29) is 0 Å². The molecule has 1 aromatic rings. The highest BCUT2D eigenvalue weighted by molar-refractivity contribution is 7.13. The maximum atomic E-state index is 11.5. The molecule has 7 heteroatoms. The average Bonchev–Trinajstić information content (AvgIpc) is 2.71. The third kappa shape index (κ3) is 2.38. The molecule has 2 heterocycles. The van der Waals surface area contributed by atoms with Crippen LogP contribution in [0.2, 0.25) is 0 Å². The van der Waals surface area contributed by atoms with Crippen molar-refractivity contribution in [1.29, 1.82) is 0 Å². The van der Waals surface area contributed by atoms with Gasteiger partial charge in [-0.1, -0.05) is 0 Å². The highest BCUT2D eigenvalue weighted by Gasteiger charge is 2.25. The molecule has 1 N–H and O–H groups in total. The molecule has 92 valence electrons. The number of fused-ring (bicyclic) bond motifs is 1. The molecular formula is C10H12N2O4S. The van der Waals surface area contributed by atoms with E-state index in [1.54, 1.807) is 6.92 Å². The minimum absolute atomic E-state index is 0.307. The summed E-state index contributed by atoms with van der Waals surface area (Å²) < 4.78 is 4.86. The average molecular weight is 256 g/mol. The zero-order valence-electron chi connectivity index (χ0n) is 9.30. The van der Waals surface area contributed by atoms with Crippen LogP contribution in [0, 0.1) is 0 Å². The molecule has 0 radical (unpaired) electrons. The van der Waals surface area contributed by atoms with Crippen LogP contribution in [0.1, 0.15) is 27.3 Å². The number of hydrogen-bond acceptors (Lipinski definition) is 5. The molecule has 0 fully saturated rings. The monoisotopic (exact) mass is 256 g/mol. The molecule has 1 aliphatic heterocycles. The van der Waals surface area contributed by atoms with E-state index in [4.69, 9.17) is 9.84 Å². The summed E-state index contributed by atoms with van der Waals surface area (Å²) in [6.45, 7) is 2.78. The molecular weight excluding hydrogens is 244 g/mol. The van der Waals surface area contributed by atoms with E-state index in [1.807, 2.05) is 0 Å². The Labute approximate surface area is 102 Å². The van der Waals surface area contributed by atoms with E-state index >= 15 is 0 Å². The lowest BCUT2D eigenvalue weighted by atomic mass is 10.2. The highest BCUT2D eigenvalue weighted by Crippen LogP contribution is 2.25. The summed E-state index contributed by atoms with van der Waals surface area (Å²) in [4.78, 5) is 28.6. The molecule has 1 amide bonds. The van der Waals surface area contributed by atoms with Crippen LogP contribution < -0.4 is 0 Å². The Morgan fingerprint density at radius 2 is 2.35 bits per heavy atom. The second-order valence-corrected chi connectivity index (χ2v) is 4.65. The van der Waals surface area contributed by atoms with Gasteiger partial charge in [0.1, 0.15) is 0 Å². The highest BCUT2D eigenvalue weighted by atomic mass is 32.1. The lowest BCUT2D eigenvalue weighted by Crippen LogP contribution is -2.34. The van der Waals surface area contributed by atoms with Gasteiger partial charge in [0.25, 0.3) is 0 Å². The number of rotatable bonds is 2.